The summed E-state index contributed by atoms with van der Waals surface area (Å²) in [6, 6.07) is 6.93. The molecule has 1 fully saturated rings. The largest absolute Gasteiger partial charge is 0.498 e. The molecule has 0 spiro atoms. The average Bonchev–Trinajstić information content (AvgIpc) is 3.26. The lowest BCUT2D eigenvalue weighted by molar-refractivity contribution is 0.00578. The fourth-order valence-corrected chi connectivity index (χ4v) is 3.44. The van der Waals surface area contributed by atoms with E-state index in [1.807, 2.05) is 33.9 Å². The van der Waals surface area contributed by atoms with Crippen molar-refractivity contribution in [2.75, 3.05) is 6.54 Å². The molecule has 2 aliphatic heterocycles. The summed E-state index contributed by atoms with van der Waals surface area (Å²) in [5, 5.41) is 4.37. The minimum absolute atomic E-state index is 0.223. The van der Waals surface area contributed by atoms with Gasteiger partial charge in [0.2, 0.25) is 0 Å². The number of rotatable bonds is 5. The van der Waals surface area contributed by atoms with Gasteiger partial charge in [-0.25, -0.2) is 0 Å². The number of benzene rings is 1. The first-order chi connectivity index (χ1) is 13.2. The van der Waals surface area contributed by atoms with E-state index in [0.29, 0.717) is 30.6 Å². The van der Waals surface area contributed by atoms with Gasteiger partial charge in [0.1, 0.15) is 0 Å². The second kappa shape index (κ2) is 6.56. The third-order valence-electron chi connectivity index (χ3n) is 5.83. The molecule has 28 heavy (non-hydrogen) atoms. The summed E-state index contributed by atoms with van der Waals surface area (Å²) in [7, 11) is -0.449. The fraction of sp³-hybridized carbons (Fsp3) is 0.450. The van der Waals surface area contributed by atoms with Gasteiger partial charge in [0, 0.05) is 30.9 Å². The highest BCUT2D eigenvalue weighted by molar-refractivity contribution is 6.62. The van der Waals surface area contributed by atoms with Gasteiger partial charge < -0.3 is 9.31 Å². The van der Waals surface area contributed by atoms with E-state index in [1.54, 1.807) is 35.1 Å². The molecule has 1 aromatic heterocycles. The second-order valence-electron chi connectivity index (χ2n) is 8.29. The number of hydrogen-bond acceptors (Lipinski definition) is 5. The normalized spacial score (nSPS) is 20.1. The molecule has 3 heterocycles. The molecular weight excluding hydrogens is 357 g/mol. The zero-order chi connectivity index (χ0) is 20.1. The summed E-state index contributed by atoms with van der Waals surface area (Å²) in [5.41, 5.74) is 1.03. The van der Waals surface area contributed by atoms with Crippen LogP contribution in [-0.2, 0) is 15.9 Å². The zero-order valence-electron chi connectivity index (χ0n) is 16.6. The summed E-state index contributed by atoms with van der Waals surface area (Å²) < 4.78 is 13.9. The van der Waals surface area contributed by atoms with Crippen molar-refractivity contribution >= 4 is 24.4 Å². The predicted molar refractivity (Wildman–Crippen MR) is 104 cm³/mol. The number of fused-ring (bicyclic) bond motifs is 1. The van der Waals surface area contributed by atoms with Crippen LogP contribution in [0.15, 0.2) is 36.7 Å². The molecule has 2 aromatic rings. The highest BCUT2D eigenvalue weighted by Gasteiger charge is 2.52. The third-order valence-corrected chi connectivity index (χ3v) is 5.83. The maximum absolute atomic E-state index is 12.4. The van der Waals surface area contributed by atoms with Gasteiger partial charge in [-0.15, -0.1) is 0 Å². The number of aromatic nitrogens is 2. The van der Waals surface area contributed by atoms with Gasteiger partial charge in [0.15, 0.2) is 0 Å². The zero-order valence-corrected chi connectivity index (χ0v) is 16.6. The first-order valence-corrected chi connectivity index (χ1v) is 9.53. The number of amides is 2. The van der Waals surface area contributed by atoms with E-state index in [9.17, 15) is 9.59 Å². The molecular formula is C20H24BN3O4. The van der Waals surface area contributed by atoms with E-state index in [-0.39, 0.29) is 11.8 Å². The quantitative estimate of drug-likeness (QED) is 0.584. The Morgan fingerprint density at radius 3 is 2.11 bits per heavy atom. The van der Waals surface area contributed by atoms with Crippen molar-refractivity contribution in [1.29, 1.82) is 0 Å². The molecule has 7 nitrogen and oxygen atoms in total. The van der Waals surface area contributed by atoms with Gasteiger partial charge in [-0.3, -0.25) is 19.2 Å². The van der Waals surface area contributed by atoms with Crippen LogP contribution in [0.5, 0.6) is 0 Å². The molecule has 0 bridgehead atoms. The van der Waals surface area contributed by atoms with E-state index in [1.165, 1.54) is 4.90 Å². The number of imide groups is 1. The Kier molecular flexibility index (Phi) is 4.43. The molecule has 0 radical (unpaired) electrons. The fourth-order valence-electron chi connectivity index (χ4n) is 3.44. The Bertz CT molecular complexity index is 886. The summed E-state index contributed by atoms with van der Waals surface area (Å²) in [4.78, 5) is 26.1. The smallest absolute Gasteiger partial charge is 0.399 e. The van der Waals surface area contributed by atoms with E-state index in [0.717, 1.165) is 5.46 Å². The standard InChI is InChI=1S/C20H24BN3O4/c1-19(2)20(3,4)28-21(27-19)14-12-22-23(13-14)10-7-11-24-17(25)15-8-5-6-9-16(15)18(24)26/h5-6,8-9,12-13H,7,10-11H2,1-4H3. The molecule has 8 heteroatoms. The molecule has 0 N–H and O–H groups in total. The van der Waals surface area contributed by atoms with E-state index in [2.05, 4.69) is 5.10 Å². The van der Waals surface area contributed by atoms with Gasteiger partial charge in [0.05, 0.1) is 22.3 Å². The first-order valence-electron chi connectivity index (χ1n) is 9.53. The average molecular weight is 381 g/mol. The number of carbonyl (C=O) groups is 2. The van der Waals surface area contributed by atoms with E-state index in [4.69, 9.17) is 9.31 Å². The maximum atomic E-state index is 12.4. The Balaban J connectivity index is 1.35. The third kappa shape index (κ3) is 3.06. The molecule has 0 saturated carbocycles. The predicted octanol–water partition coefficient (Wildman–Crippen LogP) is 1.87. The molecule has 1 saturated heterocycles. The second-order valence-corrected chi connectivity index (χ2v) is 8.29. The monoisotopic (exact) mass is 381 g/mol. The lowest BCUT2D eigenvalue weighted by atomic mass is 9.82. The van der Waals surface area contributed by atoms with Crippen LogP contribution in [0.3, 0.4) is 0 Å². The lowest BCUT2D eigenvalue weighted by Crippen LogP contribution is -2.41. The Morgan fingerprint density at radius 2 is 1.54 bits per heavy atom. The molecule has 4 rings (SSSR count). The van der Waals surface area contributed by atoms with Crippen LogP contribution in [0, 0.1) is 0 Å². The van der Waals surface area contributed by atoms with E-state index >= 15 is 0 Å². The number of aryl methyl sites for hydroxylation is 1. The van der Waals surface area contributed by atoms with Crippen molar-refractivity contribution < 1.29 is 18.9 Å². The molecule has 2 amide bonds. The van der Waals surface area contributed by atoms with Crippen LogP contribution >= 0.6 is 0 Å². The summed E-state index contributed by atoms with van der Waals surface area (Å²) in [5.74, 6) is -0.446. The van der Waals surface area contributed by atoms with Crippen LogP contribution in [0.25, 0.3) is 0 Å². The van der Waals surface area contributed by atoms with Crippen molar-refractivity contribution in [3.8, 4) is 0 Å². The number of nitrogens with zero attached hydrogens (tertiary/aromatic N) is 3. The van der Waals surface area contributed by atoms with Crippen LogP contribution in [-0.4, -0.2) is 51.4 Å². The Morgan fingerprint density at radius 1 is 0.964 bits per heavy atom. The molecule has 146 valence electrons. The minimum Gasteiger partial charge on any atom is -0.399 e. The summed E-state index contributed by atoms with van der Waals surface area (Å²) in [6.45, 7) is 9.00. The van der Waals surface area contributed by atoms with Crippen molar-refractivity contribution in [2.24, 2.45) is 0 Å². The molecule has 1 aromatic carbocycles. The van der Waals surface area contributed by atoms with Crippen molar-refractivity contribution in [1.82, 2.24) is 14.7 Å². The van der Waals surface area contributed by atoms with Crippen molar-refractivity contribution in [2.45, 2.75) is 51.9 Å². The van der Waals surface area contributed by atoms with Gasteiger partial charge >= 0.3 is 7.12 Å². The maximum Gasteiger partial charge on any atom is 0.498 e. The Hall–Kier alpha value is -2.45. The van der Waals surface area contributed by atoms with Crippen LogP contribution in [0.4, 0.5) is 0 Å². The molecule has 0 atom stereocenters. The lowest BCUT2D eigenvalue weighted by Gasteiger charge is -2.32. The topological polar surface area (TPSA) is 73.7 Å². The van der Waals surface area contributed by atoms with Gasteiger partial charge in [-0.1, -0.05) is 12.1 Å². The highest BCUT2D eigenvalue weighted by Crippen LogP contribution is 2.36. The van der Waals surface area contributed by atoms with Gasteiger partial charge in [-0.05, 0) is 46.2 Å². The Labute approximate surface area is 164 Å². The number of carbonyl (C=O) groups excluding carboxylic acids is 2. The molecule has 0 unspecified atom stereocenters. The van der Waals surface area contributed by atoms with Crippen LogP contribution < -0.4 is 5.46 Å². The highest BCUT2D eigenvalue weighted by atomic mass is 16.7. The van der Waals surface area contributed by atoms with Crippen LogP contribution in [0.2, 0.25) is 0 Å². The first kappa shape index (κ1) is 18.9. The molecule has 2 aliphatic rings. The van der Waals surface area contributed by atoms with Gasteiger partial charge in [-0.2, -0.15) is 5.10 Å². The number of hydrogen-bond donors (Lipinski definition) is 0. The van der Waals surface area contributed by atoms with Crippen molar-refractivity contribution in [3.63, 3.8) is 0 Å². The van der Waals surface area contributed by atoms with E-state index < -0.39 is 18.3 Å². The van der Waals surface area contributed by atoms with Crippen LogP contribution in [0.1, 0.15) is 54.8 Å². The molecule has 0 aliphatic carbocycles. The van der Waals surface area contributed by atoms with Crippen molar-refractivity contribution in [3.05, 3.63) is 47.8 Å². The van der Waals surface area contributed by atoms with Gasteiger partial charge in [0.25, 0.3) is 11.8 Å². The minimum atomic E-state index is -0.449. The summed E-state index contributed by atoms with van der Waals surface area (Å²) in [6.07, 6.45) is 4.25. The summed E-state index contributed by atoms with van der Waals surface area (Å²) >= 11 is 0. The SMILES string of the molecule is CC1(C)OB(c2cnn(CCCN3C(=O)c4ccccc4C3=O)c2)OC1(C)C.